The first kappa shape index (κ1) is 13.7. The van der Waals surface area contributed by atoms with Crippen molar-refractivity contribution in [1.29, 1.82) is 0 Å². The molecule has 98 valence electrons. The second kappa shape index (κ2) is 5.52. The smallest absolute Gasteiger partial charge is 0.0731 e. The Labute approximate surface area is 119 Å². The molecule has 2 aromatic heterocycles. The lowest BCUT2D eigenvalue weighted by molar-refractivity contribution is 0.537. The highest BCUT2D eigenvalue weighted by Gasteiger charge is 2.16. The van der Waals surface area contributed by atoms with Gasteiger partial charge in [0.05, 0.1) is 15.5 Å². The van der Waals surface area contributed by atoms with E-state index in [1.807, 2.05) is 18.7 Å². The summed E-state index contributed by atoms with van der Waals surface area (Å²) in [4.78, 5) is 1.24. The third-order valence-electron chi connectivity index (χ3n) is 2.93. The van der Waals surface area contributed by atoms with Gasteiger partial charge in [0, 0.05) is 24.0 Å². The SMILES string of the molecule is Cc1cc(CC(NN)c2cc(C)c(Br)s2)n(C)n1. The summed E-state index contributed by atoms with van der Waals surface area (Å²) in [6.45, 7) is 4.09. The fraction of sp³-hybridized carbons (Fsp3) is 0.417. The monoisotopic (exact) mass is 328 g/mol. The highest BCUT2D eigenvalue weighted by Crippen LogP contribution is 2.32. The molecule has 3 N–H and O–H groups in total. The molecule has 0 aromatic carbocycles. The van der Waals surface area contributed by atoms with E-state index < -0.39 is 0 Å². The van der Waals surface area contributed by atoms with Gasteiger partial charge < -0.3 is 0 Å². The molecule has 4 nitrogen and oxygen atoms in total. The van der Waals surface area contributed by atoms with Crippen molar-refractivity contribution < 1.29 is 0 Å². The number of thiophene rings is 1. The van der Waals surface area contributed by atoms with Crippen LogP contribution < -0.4 is 11.3 Å². The first-order valence-corrected chi connectivity index (χ1v) is 7.33. The summed E-state index contributed by atoms with van der Waals surface area (Å²) in [6.07, 6.45) is 0.834. The summed E-state index contributed by atoms with van der Waals surface area (Å²) < 4.78 is 3.08. The van der Waals surface area contributed by atoms with E-state index in [0.29, 0.717) is 0 Å². The van der Waals surface area contributed by atoms with Crippen LogP contribution in [0.15, 0.2) is 15.9 Å². The van der Waals surface area contributed by atoms with Crippen LogP contribution in [0.2, 0.25) is 0 Å². The molecule has 2 heterocycles. The van der Waals surface area contributed by atoms with Gasteiger partial charge in [-0.05, 0) is 47.5 Å². The molecule has 2 rings (SSSR count). The third kappa shape index (κ3) is 2.83. The van der Waals surface area contributed by atoms with E-state index in [4.69, 9.17) is 5.84 Å². The fourth-order valence-electron chi connectivity index (χ4n) is 1.96. The summed E-state index contributed by atoms with van der Waals surface area (Å²) >= 11 is 5.27. The van der Waals surface area contributed by atoms with Crippen molar-refractivity contribution in [3.8, 4) is 0 Å². The summed E-state index contributed by atoms with van der Waals surface area (Å²) in [7, 11) is 1.96. The van der Waals surface area contributed by atoms with Gasteiger partial charge in [0.2, 0.25) is 0 Å². The molecule has 0 aliphatic rings. The van der Waals surface area contributed by atoms with Gasteiger partial charge in [-0.3, -0.25) is 16.0 Å². The number of nitrogens with two attached hydrogens (primary N) is 1. The van der Waals surface area contributed by atoms with Gasteiger partial charge in [-0.25, -0.2) is 0 Å². The number of aromatic nitrogens is 2. The number of aryl methyl sites for hydroxylation is 3. The summed E-state index contributed by atoms with van der Waals surface area (Å²) in [6, 6.07) is 4.39. The second-order valence-corrected chi connectivity index (χ2v) is 6.83. The van der Waals surface area contributed by atoms with Gasteiger partial charge in [-0.15, -0.1) is 11.3 Å². The van der Waals surface area contributed by atoms with E-state index in [1.165, 1.54) is 19.9 Å². The Balaban J connectivity index is 2.22. The molecule has 0 amide bonds. The normalized spacial score (nSPS) is 12.9. The lowest BCUT2D eigenvalue weighted by Gasteiger charge is -2.14. The quantitative estimate of drug-likeness (QED) is 0.670. The van der Waals surface area contributed by atoms with Crippen LogP contribution in [-0.2, 0) is 13.5 Å². The van der Waals surface area contributed by atoms with Crippen LogP contribution in [0.3, 0.4) is 0 Å². The molecule has 0 radical (unpaired) electrons. The first-order chi connectivity index (χ1) is 8.51. The molecular formula is C12H17BrN4S. The van der Waals surface area contributed by atoms with Crippen LogP contribution in [0.4, 0.5) is 0 Å². The average molecular weight is 329 g/mol. The maximum Gasteiger partial charge on any atom is 0.0731 e. The minimum Gasteiger partial charge on any atom is -0.272 e. The van der Waals surface area contributed by atoms with Crippen molar-refractivity contribution >= 4 is 27.3 Å². The molecule has 0 fully saturated rings. The van der Waals surface area contributed by atoms with Crippen LogP contribution in [0.25, 0.3) is 0 Å². The topological polar surface area (TPSA) is 55.9 Å². The lowest BCUT2D eigenvalue weighted by atomic mass is 10.1. The Kier molecular flexibility index (Phi) is 4.21. The minimum absolute atomic E-state index is 0.120. The van der Waals surface area contributed by atoms with Crippen molar-refractivity contribution in [2.45, 2.75) is 26.3 Å². The Morgan fingerprint density at radius 2 is 2.22 bits per heavy atom. The predicted octanol–water partition coefficient (Wildman–Crippen LogP) is 2.61. The minimum atomic E-state index is 0.120. The molecule has 1 unspecified atom stereocenters. The van der Waals surface area contributed by atoms with Crippen molar-refractivity contribution in [3.05, 3.63) is 37.7 Å². The second-order valence-electron chi connectivity index (χ2n) is 4.43. The zero-order chi connectivity index (χ0) is 13.3. The standard InChI is InChI=1S/C12H17BrN4S/c1-7-4-11(18-12(7)13)10(15-14)6-9-5-8(2)16-17(9)3/h4-5,10,15H,6,14H2,1-3H3. The molecule has 0 aliphatic carbocycles. The van der Waals surface area contributed by atoms with Crippen molar-refractivity contribution in [3.63, 3.8) is 0 Å². The molecule has 0 spiro atoms. The molecule has 18 heavy (non-hydrogen) atoms. The van der Waals surface area contributed by atoms with E-state index in [2.05, 4.69) is 45.5 Å². The average Bonchev–Trinajstić information content (AvgIpc) is 2.79. The van der Waals surface area contributed by atoms with Crippen LogP contribution in [0.1, 0.15) is 27.9 Å². The Morgan fingerprint density at radius 3 is 2.67 bits per heavy atom. The van der Waals surface area contributed by atoms with Crippen molar-refractivity contribution in [2.24, 2.45) is 12.9 Å². The Hall–Kier alpha value is -0.690. The van der Waals surface area contributed by atoms with Crippen LogP contribution in [-0.4, -0.2) is 9.78 Å². The first-order valence-electron chi connectivity index (χ1n) is 5.72. The zero-order valence-electron chi connectivity index (χ0n) is 10.7. The van der Waals surface area contributed by atoms with Gasteiger partial charge in [-0.1, -0.05) is 0 Å². The van der Waals surface area contributed by atoms with E-state index in [0.717, 1.165) is 12.1 Å². The molecular weight excluding hydrogens is 312 g/mol. The Bertz CT molecular complexity index is 527. The van der Waals surface area contributed by atoms with Crippen LogP contribution in [0.5, 0.6) is 0 Å². The molecule has 6 heteroatoms. The van der Waals surface area contributed by atoms with Gasteiger partial charge >= 0.3 is 0 Å². The van der Waals surface area contributed by atoms with E-state index in [9.17, 15) is 0 Å². The number of rotatable bonds is 4. The van der Waals surface area contributed by atoms with E-state index in [-0.39, 0.29) is 6.04 Å². The highest BCUT2D eigenvalue weighted by molar-refractivity contribution is 9.11. The van der Waals surface area contributed by atoms with Crippen LogP contribution in [0, 0.1) is 13.8 Å². The van der Waals surface area contributed by atoms with Gasteiger partial charge in [0.25, 0.3) is 0 Å². The maximum atomic E-state index is 5.68. The molecule has 0 saturated carbocycles. The van der Waals surface area contributed by atoms with Gasteiger partial charge in [-0.2, -0.15) is 5.10 Å². The number of nitrogens with zero attached hydrogens (tertiary/aromatic N) is 2. The molecule has 0 aliphatic heterocycles. The number of nitrogens with one attached hydrogen (secondary N) is 1. The Morgan fingerprint density at radius 1 is 1.50 bits per heavy atom. The summed E-state index contributed by atoms with van der Waals surface area (Å²) in [5.41, 5.74) is 6.35. The van der Waals surface area contributed by atoms with Crippen molar-refractivity contribution in [2.75, 3.05) is 0 Å². The maximum absolute atomic E-state index is 5.68. The molecule has 0 saturated heterocycles. The molecule has 1 atom stereocenters. The van der Waals surface area contributed by atoms with Crippen molar-refractivity contribution in [1.82, 2.24) is 15.2 Å². The number of hydrogen-bond acceptors (Lipinski definition) is 4. The van der Waals surface area contributed by atoms with E-state index in [1.54, 1.807) is 11.3 Å². The van der Waals surface area contributed by atoms with E-state index >= 15 is 0 Å². The fourth-order valence-corrected chi connectivity index (χ4v) is 3.59. The zero-order valence-corrected chi connectivity index (χ0v) is 13.1. The van der Waals surface area contributed by atoms with Crippen LogP contribution >= 0.6 is 27.3 Å². The predicted molar refractivity (Wildman–Crippen MR) is 78.5 cm³/mol. The summed E-state index contributed by atoms with van der Waals surface area (Å²) in [5, 5.41) is 4.36. The third-order valence-corrected chi connectivity index (χ3v) is 5.18. The molecule has 2 aromatic rings. The molecule has 0 bridgehead atoms. The number of halogens is 1. The highest BCUT2D eigenvalue weighted by atomic mass is 79.9. The van der Waals surface area contributed by atoms with Gasteiger partial charge in [0.15, 0.2) is 0 Å². The largest absolute Gasteiger partial charge is 0.272 e. The summed E-state index contributed by atoms with van der Waals surface area (Å²) in [5.74, 6) is 5.68. The van der Waals surface area contributed by atoms with Gasteiger partial charge in [0.1, 0.15) is 0 Å². The number of hydrazine groups is 1. The lowest BCUT2D eigenvalue weighted by Crippen LogP contribution is -2.29. The number of hydrogen-bond donors (Lipinski definition) is 2.